The Hall–Kier alpha value is -2.06. The van der Waals surface area contributed by atoms with Crippen LogP contribution in [0.15, 0.2) is 39.9 Å². The number of hydrogen-bond donors (Lipinski definition) is 1. The average Bonchev–Trinajstić information content (AvgIpc) is 3.25. The average molecular weight is 396 g/mol. The summed E-state index contributed by atoms with van der Waals surface area (Å²) < 4.78 is 37.2. The van der Waals surface area contributed by atoms with Gasteiger partial charge in [0.2, 0.25) is 12.7 Å². The molecule has 2 aromatic rings. The second-order valence-corrected chi connectivity index (χ2v) is 10.3. The lowest BCUT2D eigenvalue weighted by atomic mass is 9.95. The highest BCUT2D eigenvalue weighted by Gasteiger charge is 2.33. The van der Waals surface area contributed by atoms with Gasteiger partial charge in [0.15, 0.2) is 21.3 Å². The molecule has 1 aromatic carbocycles. The van der Waals surface area contributed by atoms with Gasteiger partial charge in [-0.05, 0) is 29.1 Å². The van der Waals surface area contributed by atoms with Crippen LogP contribution in [0.3, 0.4) is 0 Å². The molecule has 1 aliphatic heterocycles. The largest absolute Gasteiger partial charge is 0.454 e. The van der Waals surface area contributed by atoms with Gasteiger partial charge in [-0.2, -0.15) is 0 Å². The summed E-state index contributed by atoms with van der Waals surface area (Å²) in [4.78, 5) is 12.3. The van der Waals surface area contributed by atoms with Gasteiger partial charge >= 0.3 is 0 Å². The van der Waals surface area contributed by atoms with Gasteiger partial charge in [0, 0.05) is 12.0 Å². The Labute approximate surface area is 157 Å². The minimum absolute atomic E-state index is 0.0179. The zero-order chi connectivity index (χ0) is 18.9. The van der Waals surface area contributed by atoms with Crippen LogP contribution in [0.5, 0.6) is 11.5 Å². The Morgan fingerprint density at radius 1 is 1.23 bits per heavy atom. The molecule has 1 aliphatic rings. The number of rotatable bonds is 5. The highest BCUT2D eigenvalue weighted by atomic mass is 32.2. The van der Waals surface area contributed by atoms with E-state index >= 15 is 0 Å². The van der Waals surface area contributed by atoms with Crippen molar-refractivity contribution in [2.45, 2.75) is 30.2 Å². The smallest absolute Gasteiger partial charge is 0.231 e. The van der Waals surface area contributed by atoms with Crippen LogP contribution in [0.25, 0.3) is 0 Å². The van der Waals surface area contributed by atoms with E-state index < -0.39 is 20.5 Å². The zero-order valence-corrected chi connectivity index (χ0v) is 16.4. The molecule has 0 aliphatic carbocycles. The Morgan fingerprint density at radius 2 is 1.96 bits per heavy atom. The van der Waals surface area contributed by atoms with E-state index in [9.17, 15) is 13.2 Å². The molecule has 0 radical (unpaired) electrons. The Bertz CT molecular complexity index is 898. The van der Waals surface area contributed by atoms with Crippen LogP contribution in [-0.2, 0) is 14.6 Å². The summed E-state index contributed by atoms with van der Waals surface area (Å²) in [6.45, 7) is 5.45. The van der Waals surface area contributed by atoms with Gasteiger partial charge in [-0.25, -0.2) is 8.42 Å². The van der Waals surface area contributed by atoms with E-state index in [4.69, 9.17) is 9.47 Å². The molecular formula is C18H21NO5S2. The molecule has 1 N–H and O–H groups in total. The summed E-state index contributed by atoms with van der Waals surface area (Å²) in [6.07, 6.45) is 0. The maximum atomic E-state index is 13.1. The van der Waals surface area contributed by atoms with Crippen LogP contribution in [0.2, 0.25) is 0 Å². The maximum absolute atomic E-state index is 13.1. The van der Waals surface area contributed by atoms with Crippen LogP contribution in [-0.4, -0.2) is 27.7 Å². The van der Waals surface area contributed by atoms with Gasteiger partial charge in [-0.15, -0.1) is 11.3 Å². The number of thiophene rings is 1. The molecule has 1 amide bonds. The minimum atomic E-state index is -3.66. The van der Waals surface area contributed by atoms with Crippen molar-refractivity contribution in [2.75, 3.05) is 13.3 Å². The van der Waals surface area contributed by atoms with Gasteiger partial charge in [0.05, 0.1) is 0 Å². The SMILES string of the molecule is CC(C)(C)C(=O)NC[C@H](c1ccc2c(c1)OCO2)S(=O)(=O)c1cccs1. The van der Waals surface area contributed by atoms with E-state index in [-0.39, 0.29) is 23.5 Å². The fraction of sp³-hybridized carbons (Fsp3) is 0.389. The van der Waals surface area contributed by atoms with Crippen molar-refractivity contribution in [1.29, 1.82) is 0 Å². The van der Waals surface area contributed by atoms with Crippen LogP contribution in [0, 0.1) is 5.41 Å². The van der Waals surface area contributed by atoms with Crippen molar-refractivity contribution in [1.82, 2.24) is 5.32 Å². The molecule has 140 valence electrons. The molecular weight excluding hydrogens is 374 g/mol. The van der Waals surface area contributed by atoms with Crippen molar-refractivity contribution in [3.8, 4) is 11.5 Å². The van der Waals surface area contributed by atoms with Crippen LogP contribution in [0.4, 0.5) is 0 Å². The van der Waals surface area contributed by atoms with Crippen LogP contribution < -0.4 is 14.8 Å². The lowest BCUT2D eigenvalue weighted by Gasteiger charge is -2.22. The van der Waals surface area contributed by atoms with Crippen molar-refractivity contribution in [3.05, 3.63) is 41.3 Å². The van der Waals surface area contributed by atoms with Crippen molar-refractivity contribution in [2.24, 2.45) is 5.41 Å². The highest BCUT2D eigenvalue weighted by molar-refractivity contribution is 7.93. The molecule has 0 spiro atoms. The zero-order valence-electron chi connectivity index (χ0n) is 14.8. The molecule has 0 fully saturated rings. The Morgan fingerprint density at radius 3 is 2.62 bits per heavy atom. The molecule has 2 heterocycles. The van der Waals surface area contributed by atoms with Crippen molar-refractivity contribution < 1.29 is 22.7 Å². The molecule has 0 saturated carbocycles. The van der Waals surface area contributed by atoms with Crippen LogP contribution in [0.1, 0.15) is 31.6 Å². The third-order valence-corrected chi connectivity index (χ3v) is 7.58. The number of benzene rings is 1. The second-order valence-electron chi connectivity index (χ2n) is 7.04. The summed E-state index contributed by atoms with van der Waals surface area (Å²) >= 11 is 1.16. The number of fused-ring (bicyclic) bond motifs is 1. The molecule has 6 nitrogen and oxygen atoms in total. The number of nitrogens with one attached hydrogen (secondary N) is 1. The van der Waals surface area contributed by atoms with E-state index in [1.54, 1.807) is 56.5 Å². The lowest BCUT2D eigenvalue weighted by molar-refractivity contribution is -0.128. The first kappa shape index (κ1) is 18.7. The number of ether oxygens (including phenoxy) is 2. The number of hydrogen-bond acceptors (Lipinski definition) is 6. The molecule has 8 heteroatoms. The topological polar surface area (TPSA) is 81.7 Å². The van der Waals surface area contributed by atoms with Crippen LogP contribution >= 0.6 is 11.3 Å². The predicted octanol–water partition coefficient (Wildman–Crippen LogP) is 3.15. The van der Waals surface area contributed by atoms with E-state index in [1.165, 1.54) is 0 Å². The normalized spacial score (nSPS) is 14.9. The third-order valence-electron chi connectivity index (χ3n) is 4.05. The molecule has 26 heavy (non-hydrogen) atoms. The van der Waals surface area contributed by atoms with Gasteiger partial charge in [-0.3, -0.25) is 4.79 Å². The first-order valence-electron chi connectivity index (χ1n) is 8.15. The summed E-state index contributed by atoms with van der Waals surface area (Å²) in [5, 5.41) is 3.58. The number of carbonyl (C=O) groups excluding carboxylic acids is 1. The molecule has 0 saturated heterocycles. The fourth-order valence-electron chi connectivity index (χ4n) is 2.54. The summed E-state index contributed by atoms with van der Waals surface area (Å²) in [7, 11) is -3.66. The Balaban J connectivity index is 1.95. The van der Waals surface area contributed by atoms with E-state index in [0.717, 1.165) is 11.3 Å². The quantitative estimate of drug-likeness (QED) is 0.841. The fourth-order valence-corrected chi connectivity index (χ4v) is 5.39. The standard InChI is InChI=1S/C18H21NO5S2/c1-18(2,3)17(20)19-10-15(26(21,22)16-5-4-8-25-16)12-6-7-13-14(9-12)24-11-23-13/h4-9,15H,10-11H2,1-3H3,(H,19,20)/t15-/m1/s1. The maximum Gasteiger partial charge on any atom is 0.231 e. The Kier molecular flexibility index (Phi) is 4.98. The van der Waals surface area contributed by atoms with Gasteiger partial charge < -0.3 is 14.8 Å². The molecule has 3 rings (SSSR count). The van der Waals surface area contributed by atoms with E-state index in [1.807, 2.05) is 0 Å². The minimum Gasteiger partial charge on any atom is -0.454 e. The number of amides is 1. The third kappa shape index (κ3) is 3.71. The molecule has 1 aromatic heterocycles. The number of carbonyl (C=O) groups is 1. The second kappa shape index (κ2) is 6.92. The van der Waals surface area contributed by atoms with E-state index in [0.29, 0.717) is 17.1 Å². The summed E-state index contributed by atoms with van der Waals surface area (Å²) in [5.74, 6) is 0.889. The van der Waals surface area contributed by atoms with E-state index in [2.05, 4.69) is 5.32 Å². The molecule has 1 atom stereocenters. The summed E-state index contributed by atoms with van der Waals surface area (Å²) in [5.41, 5.74) is -0.0524. The first-order chi connectivity index (χ1) is 12.2. The van der Waals surface area contributed by atoms with Gasteiger partial charge in [-0.1, -0.05) is 32.9 Å². The predicted molar refractivity (Wildman–Crippen MR) is 99.3 cm³/mol. The summed E-state index contributed by atoms with van der Waals surface area (Å²) in [6, 6.07) is 8.34. The van der Waals surface area contributed by atoms with Gasteiger partial charge in [0.1, 0.15) is 9.46 Å². The van der Waals surface area contributed by atoms with Crippen molar-refractivity contribution >= 4 is 27.1 Å². The molecule has 0 bridgehead atoms. The van der Waals surface area contributed by atoms with Crippen molar-refractivity contribution in [3.63, 3.8) is 0 Å². The highest BCUT2D eigenvalue weighted by Crippen LogP contribution is 2.38. The monoisotopic (exact) mass is 395 g/mol. The number of sulfone groups is 1. The lowest BCUT2D eigenvalue weighted by Crippen LogP contribution is -2.38. The molecule has 0 unspecified atom stereocenters. The van der Waals surface area contributed by atoms with Gasteiger partial charge in [0.25, 0.3) is 0 Å². The first-order valence-corrected chi connectivity index (χ1v) is 10.6.